The Balaban J connectivity index is 1.36. The molecule has 1 N–H and O–H groups in total. The topological polar surface area (TPSA) is 103 Å². The predicted molar refractivity (Wildman–Crippen MR) is 143 cm³/mol. The van der Waals surface area contributed by atoms with Gasteiger partial charge in [-0.3, -0.25) is 14.3 Å². The third-order valence-electron chi connectivity index (χ3n) is 7.23. The molecule has 0 spiro atoms. The summed E-state index contributed by atoms with van der Waals surface area (Å²) in [5, 5.41) is 19.0. The molecule has 3 aromatic carbocycles. The van der Waals surface area contributed by atoms with Gasteiger partial charge in [0.15, 0.2) is 5.58 Å². The van der Waals surface area contributed by atoms with Crippen molar-refractivity contribution in [3.05, 3.63) is 106 Å². The third-order valence-corrected chi connectivity index (χ3v) is 7.23. The normalized spacial score (nSPS) is 16.4. The molecule has 8 nitrogen and oxygen atoms in total. The average Bonchev–Trinajstić information content (AvgIpc) is 3.49. The molecule has 2 heterocycles. The first-order valence-corrected chi connectivity index (χ1v) is 12.7. The van der Waals surface area contributed by atoms with E-state index < -0.39 is 5.76 Å². The van der Waals surface area contributed by atoms with E-state index in [2.05, 4.69) is 11.0 Å². The Bertz CT molecular complexity index is 1520. The zero-order valence-corrected chi connectivity index (χ0v) is 21.3. The van der Waals surface area contributed by atoms with Gasteiger partial charge in [0.05, 0.1) is 42.3 Å². The van der Waals surface area contributed by atoms with Gasteiger partial charge >= 0.3 is 5.76 Å². The van der Waals surface area contributed by atoms with Crippen LogP contribution in [0.1, 0.15) is 34.7 Å². The number of amides is 1. The first-order valence-electron chi connectivity index (χ1n) is 12.7. The zero-order chi connectivity index (χ0) is 26.6. The van der Waals surface area contributed by atoms with Crippen molar-refractivity contribution in [1.29, 1.82) is 5.26 Å². The van der Waals surface area contributed by atoms with E-state index in [1.54, 1.807) is 27.7 Å². The fourth-order valence-corrected chi connectivity index (χ4v) is 5.06. The highest BCUT2D eigenvalue weighted by atomic mass is 16.4. The standard InChI is InChI=1S/C30H30N4O4/c1-32(27(24-5-3-2-4-6-24)20-33-14-13-25(35)19-33)29(36)16-23-11-12-28-26(15-23)34(30(37)38-28)18-22-9-7-21(17-31)8-10-22/h2-12,15,25,27,35H,13-14,16,18-20H2,1H3/t25?,27-/m1/s1. The van der Waals surface area contributed by atoms with E-state index in [0.29, 0.717) is 36.3 Å². The van der Waals surface area contributed by atoms with Crippen LogP contribution in [-0.4, -0.2) is 58.2 Å². The maximum absolute atomic E-state index is 13.5. The highest BCUT2D eigenvalue weighted by Crippen LogP contribution is 2.25. The minimum atomic E-state index is -0.470. The minimum Gasteiger partial charge on any atom is -0.408 e. The van der Waals surface area contributed by atoms with Gasteiger partial charge in [-0.1, -0.05) is 48.5 Å². The number of aliphatic hydroxyl groups is 1. The van der Waals surface area contributed by atoms with Gasteiger partial charge in [0.2, 0.25) is 5.91 Å². The van der Waals surface area contributed by atoms with E-state index in [1.165, 1.54) is 0 Å². The van der Waals surface area contributed by atoms with Crippen molar-refractivity contribution in [2.75, 3.05) is 26.7 Å². The number of hydrogen-bond acceptors (Lipinski definition) is 6. The molecular formula is C30H30N4O4. The summed E-state index contributed by atoms with van der Waals surface area (Å²) in [5.41, 5.74) is 4.34. The van der Waals surface area contributed by atoms with Crippen LogP contribution in [0.15, 0.2) is 82.0 Å². The van der Waals surface area contributed by atoms with Crippen LogP contribution in [0, 0.1) is 11.3 Å². The van der Waals surface area contributed by atoms with Gasteiger partial charge in [0.1, 0.15) is 0 Å². The number of nitrogens with zero attached hydrogens (tertiary/aromatic N) is 4. The molecule has 4 aromatic rings. The number of likely N-dealkylation sites (tertiary alicyclic amines) is 1. The number of carbonyl (C=O) groups excluding carboxylic acids is 1. The number of nitriles is 1. The van der Waals surface area contributed by atoms with Gasteiger partial charge < -0.3 is 14.4 Å². The monoisotopic (exact) mass is 510 g/mol. The lowest BCUT2D eigenvalue weighted by molar-refractivity contribution is -0.131. The first kappa shape index (κ1) is 25.5. The van der Waals surface area contributed by atoms with E-state index in [0.717, 1.165) is 29.7 Å². The van der Waals surface area contributed by atoms with Crippen LogP contribution >= 0.6 is 0 Å². The SMILES string of the molecule is CN(C(=O)Cc1ccc2oc(=O)n(Cc3ccc(C#N)cc3)c2c1)[C@H](CN1CCC(O)C1)c1ccccc1. The van der Waals surface area contributed by atoms with Crippen molar-refractivity contribution in [1.82, 2.24) is 14.4 Å². The molecule has 38 heavy (non-hydrogen) atoms. The summed E-state index contributed by atoms with van der Waals surface area (Å²) >= 11 is 0. The number of β-amino-alcohol motifs (C(OH)–C–C–N with tert-alkyl or cyclic N) is 1. The zero-order valence-electron chi connectivity index (χ0n) is 21.3. The summed E-state index contributed by atoms with van der Waals surface area (Å²) in [6.45, 7) is 2.36. The number of oxazole rings is 1. The lowest BCUT2D eigenvalue weighted by atomic mass is 10.0. The average molecular weight is 511 g/mol. The molecule has 0 bridgehead atoms. The molecule has 8 heteroatoms. The van der Waals surface area contributed by atoms with Crippen molar-refractivity contribution >= 4 is 17.0 Å². The molecule has 1 saturated heterocycles. The molecule has 1 aromatic heterocycles. The van der Waals surface area contributed by atoms with Gasteiger partial charge in [-0.15, -0.1) is 0 Å². The van der Waals surface area contributed by atoms with Gasteiger partial charge in [-0.05, 0) is 47.4 Å². The minimum absolute atomic E-state index is 0.0394. The molecule has 0 saturated carbocycles. The Kier molecular flexibility index (Phi) is 7.40. The van der Waals surface area contributed by atoms with Gasteiger partial charge in [-0.2, -0.15) is 5.26 Å². The second-order valence-corrected chi connectivity index (χ2v) is 9.87. The third kappa shape index (κ3) is 5.54. The Morgan fingerprint density at radius 3 is 2.55 bits per heavy atom. The molecule has 1 unspecified atom stereocenters. The van der Waals surface area contributed by atoms with E-state index in [-0.39, 0.29) is 24.5 Å². The Hall–Kier alpha value is -4.19. The number of hydrogen-bond donors (Lipinski definition) is 1. The Morgan fingerprint density at radius 1 is 1.13 bits per heavy atom. The summed E-state index contributed by atoms with van der Waals surface area (Å²) in [6, 6.07) is 24.3. The number of fused-ring (bicyclic) bond motifs is 1. The highest BCUT2D eigenvalue weighted by Gasteiger charge is 2.28. The Labute approximate surface area is 220 Å². The van der Waals surface area contributed by atoms with Gasteiger partial charge in [-0.25, -0.2) is 4.79 Å². The van der Waals surface area contributed by atoms with Crippen molar-refractivity contribution in [2.45, 2.75) is 31.5 Å². The molecule has 0 radical (unpaired) electrons. The second kappa shape index (κ2) is 11.1. The van der Waals surface area contributed by atoms with Crippen molar-refractivity contribution in [2.24, 2.45) is 0 Å². The number of aromatic nitrogens is 1. The first-order chi connectivity index (χ1) is 18.4. The molecule has 1 aliphatic heterocycles. The molecule has 5 rings (SSSR count). The van der Waals surface area contributed by atoms with Gasteiger partial charge in [0.25, 0.3) is 0 Å². The molecule has 1 aliphatic rings. The number of carbonyl (C=O) groups is 1. The van der Waals surface area contributed by atoms with Crippen LogP contribution in [0.25, 0.3) is 11.1 Å². The van der Waals surface area contributed by atoms with Crippen LogP contribution < -0.4 is 5.76 Å². The van der Waals surface area contributed by atoms with E-state index in [1.807, 2.05) is 61.6 Å². The fourth-order valence-electron chi connectivity index (χ4n) is 5.06. The molecule has 2 atom stereocenters. The van der Waals surface area contributed by atoms with Crippen LogP contribution in [0.2, 0.25) is 0 Å². The number of rotatable bonds is 8. The number of aliphatic hydroxyl groups excluding tert-OH is 1. The van der Waals surface area contributed by atoms with E-state index in [4.69, 9.17) is 9.68 Å². The fraction of sp³-hybridized carbons (Fsp3) is 0.300. The van der Waals surface area contributed by atoms with Crippen LogP contribution in [0.4, 0.5) is 0 Å². The molecule has 1 amide bonds. The van der Waals surface area contributed by atoms with Crippen molar-refractivity contribution in [3.63, 3.8) is 0 Å². The summed E-state index contributed by atoms with van der Waals surface area (Å²) in [5.74, 6) is -0.510. The quantitative estimate of drug-likeness (QED) is 0.390. The van der Waals surface area contributed by atoms with Crippen molar-refractivity contribution in [3.8, 4) is 6.07 Å². The lowest BCUT2D eigenvalue weighted by Crippen LogP contribution is -2.39. The number of benzene rings is 3. The van der Waals surface area contributed by atoms with E-state index >= 15 is 0 Å². The molecular weight excluding hydrogens is 480 g/mol. The van der Waals surface area contributed by atoms with Crippen molar-refractivity contribution < 1.29 is 14.3 Å². The molecule has 194 valence electrons. The van der Waals surface area contributed by atoms with Gasteiger partial charge in [0, 0.05) is 26.7 Å². The number of likely N-dealkylation sites (N-methyl/N-ethyl adjacent to an activating group) is 1. The smallest absolute Gasteiger partial charge is 0.408 e. The molecule has 1 fully saturated rings. The second-order valence-electron chi connectivity index (χ2n) is 9.87. The predicted octanol–water partition coefficient (Wildman–Crippen LogP) is 3.32. The summed E-state index contributed by atoms with van der Waals surface area (Å²) in [6.07, 6.45) is 0.596. The largest absolute Gasteiger partial charge is 0.420 e. The maximum Gasteiger partial charge on any atom is 0.420 e. The van der Waals surface area contributed by atoms with Crippen LogP contribution in [-0.2, 0) is 17.8 Å². The van der Waals surface area contributed by atoms with Crippen LogP contribution in [0.3, 0.4) is 0 Å². The van der Waals surface area contributed by atoms with Crippen LogP contribution in [0.5, 0.6) is 0 Å². The highest BCUT2D eigenvalue weighted by molar-refractivity contribution is 5.81. The maximum atomic E-state index is 13.5. The summed E-state index contributed by atoms with van der Waals surface area (Å²) in [4.78, 5) is 30.1. The van der Waals surface area contributed by atoms with E-state index in [9.17, 15) is 14.7 Å². The summed E-state index contributed by atoms with van der Waals surface area (Å²) < 4.78 is 6.98. The Morgan fingerprint density at radius 2 is 1.87 bits per heavy atom. The molecule has 0 aliphatic carbocycles. The lowest BCUT2D eigenvalue weighted by Gasteiger charge is -2.32. The summed E-state index contributed by atoms with van der Waals surface area (Å²) in [7, 11) is 1.82.